The molecule has 1 aliphatic rings. The van der Waals surface area contributed by atoms with Gasteiger partial charge >= 0.3 is 0 Å². The van der Waals surface area contributed by atoms with Crippen molar-refractivity contribution in [2.24, 2.45) is 0 Å². The molecule has 0 spiro atoms. The number of hydrogen-bond donors (Lipinski definition) is 0. The van der Waals surface area contributed by atoms with Gasteiger partial charge < -0.3 is 4.57 Å². The van der Waals surface area contributed by atoms with Gasteiger partial charge in [0.2, 0.25) is 0 Å². The molecular formula is C51H32N8O2. The minimum Gasteiger partial charge on any atom is -0.308 e. The predicted octanol–water partition coefficient (Wildman–Crippen LogP) is 10.4. The fourth-order valence-corrected chi connectivity index (χ4v) is 8.17. The Morgan fingerprint density at radius 3 is 1.08 bits per heavy atom. The van der Waals surface area contributed by atoms with Gasteiger partial charge in [0.25, 0.3) is 11.8 Å². The van der Waals surface area contributed by atoms with Crippen LogP contribution in [0.15, 0.2) is 176 Å². The first-order valence-corrected chi connectivity index (χ1v) is 19.8. The van der Waals surface area contributed by atoms with Gasteiger partial charge in [-0.3, -0.25) is 14.5 Å². The highest BCUT2D eigenvalue weighted by Crippen LogP contribution is 2.44. The predicted molar refractivity (Wildman–Crippen MR) is 237 cm³/mol. The van der Waals surface area contributed by atoms with E-state index < -0.39 is 0 Å². The number of rotatable bonds is 7. The van der Waals surface area contributed by atoms with Crippen LogP contribution in [0.1, 0.15) is 20.7 Å². The molecule has 0 atom stereocenters. The zero-order chi connectivity index (χ0) is 41.0. The van der Waals surface area contributed by atoms with E-state index in [0.717, 1.165) is 55.2 Å². The van der Waals surface area contributed by atoms with Gasteiger partial charge in [-0.05, 0) is 24.3 Å². The van der Waals surface area contributed by atoms with E-state index in [4.69, 9.17) is 29.9 Å². The maximum absolute atomic E-state index is 13.9. The lowest BCUT2D eigenvalue weighted by molar-refractivity contribution is 0.0693. The lowest BCUT2D eigenvalue weighted by Crippen LogP contribution is -2.24. The summed E-state index contributed by atoms with van der Waals surface area (Å²) in [7, 11) is 1.52. The Labute approximate surface area is 349 Å². The van der Waals surface area contributed by atoms with Crippen LogP contribution in [0.5, 0.6) is 0 Å². The number of imide groups is 1. The van der Waals surface area contributed by atoms with Crippen molar-refractivity contribution in [3.05, 3.63) is 187 Å². The van der Waals surface area contributed by atoms with Crippen LogP contribution in [0.3, 0.4) is 0 Å². The van der Waals surface area contributed by atoms with Gasteiger partial charge in [0.1, 0.15) is 0 Å². The van der Waals surface area contributed by atoms with Crippen molar-refractivity contribution in [2.75, 3.05) is 7.05 Å². The number of nitrogens with zero attached hydrogens (tertiary/aromatic N) is 8. The number of amides is 2. The van der Waals surface area contributed by atoms with Crippen LogP contribution in [-0.4, -0.2) is 58.2 Å². The topological polar surface area (TPSA) is 120 Å². The van der Waals surface area contributed by atoms with E-state index in [2.05, 4.69) is 4.57 Å². The van der Waals surface area contributed by atoms with Crippen LogP contribution in [0.2, 0.25) is 0 Å². The number of hydrogen-bond acceptors (Lipinski definition) is 8. The molecule has 0 aliphatic carbocycles. The van der Waals surface area contributed by atoms with Gasteiger partial charge in [0, 0.05) is 51.2 Å². The molecule has 0 N–H and O–H groups in total. The minimum absolute atomic E-state index is 0.334. The highest BCUT2D eigenvalue weighted by Gasteiger charge is 2.36. The molecule has 0 radical (unpaired) electrons. The molecule has 7 aromatic carbocycles. The summed E-state index contributed by atoms with van der Waals surface area (Å²) in [6, 6.07) is 56.8. The quantitative estimate of drug-likeness (QED) is 0.146. The van der Waals surface area contributed by atoms with Crippen LogP contribution in [0, 0.1) is 0 Å². The molecule has 3 aromatic heterocycles. The van der Waals surface area contributed by atoms with Crippen LogP contribution in [0.25, 0.3) is 95.8 Å². The SMILES string of the molecule is CN1C(=O)c2cccc(-n3c4cccc(-c5nc(-c6ccccc6)nc(-c6ccccc6)n5)c4c4c(-c5nc(-c6ccccc6)nc(-c6ccccc6)n5)cccc43)c2C1=O. The van der Waals surface area contributed by atoms with Crippen molar-refractivity contribution in [1.82, 2.24) is 39.4 Å². The standard InChI is InChI=1S/C51H32N8O2/c1-58-50(60)37-27-16-30-40(43(37)51(58)61)59-38-28-14-25-35(48-54-44(31-17-6-2-7-18-31)52-45(55-48)32-19-8-3-9-20-32)41(38)42-36(26-15-29-39(42)59)49-56-46(33-21-10-4-11-22-33)53-47(57-49)34-23-12-5-13-24-34/h2-30H,1H3. The summed E-state index contributed by atoms with van der Waals surface area (Å²) < 4.78 is 2.05. The zero-order valence-corrected chi connectivity index (χ0v) is 32.6. The normalized spacial score (nSPS) is 12.4. The number of carbonyl (C=O) groups is 2. The first kappa shape index (κ1) is 35.6. The van der Waals surface area contributed by atoms with Gasteiger partial charge in [-0.1, -0.05) is 152 Å². The van der Waals surface area contributed by atoms with Crippen LogP contribution < -0.4 is 0 Å². The Balaban J connectivity index is 1.26. The Hall–Kier alpha value is -8.50. The fourth-order valence-electron chi connectivity index (χ4n) is 8.17. The number of carbonyl (C=O) groups excluding carboxylic acids is 2. The first-order valence-electron chi connectivity index (χ1n) is 19.8. The lowest BCUT2D eigenvalue weighted by Gasteiger charge is -2.12. The maximum atomic E-state index is 13.9. The molecule has 0 saturated heterocycles. The third-order valence-corrected chi connectivity index (χ3v) is 11.0. The molecule has 10 aromatic rings. The Morgan fingerprint density at radius 2 is 0.689 bits per heavy atom. The third-order valence-electron chi connectivity index (χ3n) is 11.0. The number of fused-ring (bicyclic) bond motifs is 4. The van der Waals surface area contributed by atoms with Crippen molar-refractivity contribution in [2.45, 2.75) is 0 Å². The zero-order valence-electron chi connectivity index (χ0n) is 32.6. The highest BCUT2D eigenvalue weighted by molar-refractivity contribution is 6.24. The Morgan fingerprint density at radius 1 is 0.344 bits per heavy atom. The maximum Gasteiger partial charge on any atom is 0.263 e. The van der Waals surface area contributed by atoms with Crippen LogP contribution in [0.4, 0.5) is 0 Å². The molecule has 1 aliphatic heterocycles. The molecule has 0 bridgehead atoms. The van der Waals surface area contributed by atoms with Crippen LogP contribution in [-0.2, 0) is 0 Å². The summed E-state index contributed by atoms with van der Waals surface area (Å²) in [5, 5.41) is 1.62. The van der Waals surface area contributed by atoms with Gasteiger partial charge in [-0.2, -0.15) is 0 Å². The molecule has 61 heavy (non-hydrogen) atoms. The smallest absolute Gasteiger partial charge is 0.263 e. The molecule has 10 heteroatoms. The third kappa shape index (κ3) is 5.96. The van der Waals surface area contributed by atoms with E-state index in [1.807, 2.05) is 170 Å². The summed E-state index contributed by atoms with van der Waals surface area (Å²) in [5.41, 5.74) is 7.65. The molecule has 11 rings (SSSR count). The van der Waals surface area contributed by atoms with E-state index in [1.165, 1.54) is 11.9 Å². The molecule has 10 nitrogen and oxygen atoms in total. The molecule has 4 heterocycles. The van der Waals surface area contributed by atoms with E-state index in [1.54, 1.807) is 6.07 Å². The minimum atomic E-state index is -0.368. The molecular weight excluding hydrogens is 757 g/mol. The molecule has 0 fully saturated rings. The van der Waals surface area contributed by atoms with Gasteiger partial charge in [-0.15, -0.1) is 0 Å². The van der Waals surface area contributed by atoms with Gasteiger partial charge in [0.05, 0.1) is 27.8 Å². The van der Waals surface area contributed by atoms with Crippen LogP contribution >= 0.6 is 0 Å². The van der Waals surface area contributed by atoms with Crippen molar-refractivity contribution < 1.29 is 9.59 Å². The average Bonchev–Trinajstić information content (AvgIpc) is 3.79. The van der Waals surface area contributed by atoms with Gasteiger partial charge in [-0.25, -0.2) is 29.9 Å². The van der Waals surface area contributed by atoms with E-state index in [0.29, 0.717) is 51.8 Å². The molecule has 0 saturated carbocycles. The summed E-state index contributed by atoms with van der Waals surface area (Å²) in [6.45, 7) is 0. The van der Waals surface area contributed by atoms with Crippen molar-refractivity contribution >= 4 is 33.6 Å². The Kier molecular flexibility index (Phi) is 8.42. The van der Waals surface area contributed by atoms with E-state index in [-0.39, 0.29) is 11.8 Å². The first-order chi connectivity index (χ1) is 30.0. The number of benzene rings is 7. The van der Waals surface area contributed by atoms with E-state index >= 15 is 0 Å². The monoisotopic (exact) mass is 788 g/mol. The molecule has 0 unspecified atom stereocenters. The molecule has 288 valence electrons. The molecule has 2 amide bonds. The van der Waals surface area contributed by atoms with Gasteiger partial charge in [0.15, 0.2) is 34.9 Å². The number of aromatic nitrogens is 7. The lowest BCUT2D eigenvalue weighted by atomic mass is 10.0. The van der Waals surface area contributed by atoms with Crippen molar-refractivity contribution in [1.29, 1.82) is 0 Å². The van der Waals surface area contributed by atoms with E-state index in [9.17, 15) is 9.59 Å². The summed E-state index contributed by atoms with van der Waals surface area (Å²) in [4.78, 5) is 59.0. The summed E-state index contributed by atoms with van der Waals surface area (Å²) in [5.74, 6) is 2.30. The fraction of sp³-hybridized carbons (Fsp3) is 0.0196. The largest absolute Gasteiger partial charge is 0.308 e. The summed E-state index contributed by atoms with van der Waals surface area (Å²) in [6.07, 6.45) is 0. The highest BCUT2D eigenvalue weighted by atomic mass is 16.2. The van der Waals surface area contributed by atoms with Crippen molar-refractivity contribution in [3.63, 3.8) is 0 Å². The second-order valence-corrected chi connectivity index (χ2v) is 14.7. The second kappa shape index (κ2) is 14.4. The average molecular weight is 789 g/mol. The van der Waals surface area contributed by atoms with Crippen molar-refractivity contribution in [3.8, 4) is 74.0 Å². The second-order valence-electron chi connectivity index (χ2n) is 14.7. The Bertz CT molecular complexity index is 3060. The summed E-state index contributed by atoms with van der Waals surface area (Å²) >= 11 is 0.